The van der Waals surface area contributed by atoms with Gasteiger partial charge in [0.05, 0.1) is 11.9 Å². The number of aryl methyl sites for hydroxylation is 1. The maximum atomic E-state index is 12.4. The summed E-state index contributed by atoms with van der Waals surface area (Å²) < 4.78 is 25.4. The fourth-order valence-electron chi connectivity index (χ4n) is 2.60. The fraction of sp³-hybridized carbons (Fsp3) is 0.533. The first-order valence-electron chi connectivity index (χ1n) is 7.30. The van der Waals surface area contributed by atoms with Crippen molar-refractivity contribution in [2.24, 2.45) is 0 Å². The zero-order valence-electron chi connectivity index (χ0n) is 12.9. The van der Waals surface area contributed by atoms with Gasteiger partial charge in [-0.1, -0.05) is 17.7 Å². The molecule has 0 radical (unpaired) electrons. The van der Waals surface area contributed by atoms with Gasteiger partial charge in [0.25, 0.3) is 0 Å². The molecule has 5 nitrogen and oxygen atoms in total. The summed E-state index contributed by atoms with van der Waals surface area (Å²) in [5, 5.41) is 0.444. The molecular weight excluding hydrogens is 324 g/mol. The van der Waals surface area contributed by atoms with Crippen LogP contribution in [0.2, 0.25) is 5.02 Å². The fourth-order valence-corrected chi connectivity index (χ4v) is 3.66. The Morgan fingerprint density at radius 2 is 1.91 bits per heavy atom. The molecule has 0 saturated carbocycles. The Morgan fingerprint density at radius 3 is 2.50 bits per heavy atom. The van der Waals surface area contributed by atoms with Crippen LogP contribution >= 0.6 is 11.6 Å². The molecular formula is C15H21ClN2O3S. The number of benzene rings is 1. The third kappa shape index (κ3) is 4.14. The zero-order chi connectivity index (χ0) is 16.3. The summed E-state index contributed by atoms with van der Waals surface area (Å²) in [5.41, 5.74) is 1.22. The van der Waals surface area contributed by atoms with Gasteiger partial charge in [-0.3, -0.25) is 9.10 Å². The minimum Gasteiger partial charge on any atom is -0.341 e. The van der Waals surface area contributed by atoms with E-state index < -0.39 is 10.0 Å². The Balaban J connectivity index is 2.27. The van der Waals surface area contributed by atoms with Gasteiger partial charge in [-0.05, 0) is 43.9 Å². The average molecular weight is 345 g/mol. The molecule has 1 aromatic carbocycles. The maximum absolute atomic E-state index is 12.4. The Hall–Kier alpha value is -1.27. The number of hydrogen-bond acceptors (Lipinski definition) is 3. The van der Waals surface area contributed by atoms with E-state index in [2.05, 4.69) is 0 Å². The van der Waals surface area contributed by atoms with Crippen LogP contribution in [0.5, 0.6) is 0 Å². The number of nitrogens with zero attached hydrogens (tertiary/aromatic N) is 2. The lowest BCUT2D eigenvalue weighted by molar-refractivity contribution is -0.130. The molecule has 1 saturated heterocycles. The van der Waals surface area contributed by atoms with Crippen LogP contribution < -0.4 is 4.31 Å². The van der Waals surface area contributed by atoms with Crippen molar-refractivity contribution < 1.29 is 13.2 Å². The summed E-state index contributed by atoms with van der Waals surface area (Å²) in [5.74, 6) is -0.162. The quantitative estimate of drug-likeness (QED) is 0.842. The number of rotatable bonds is 4. The van der Waals surface area contributed by atoms with Gasteiger partial charge in [0, 0.05) is 18.1 Å². The van der Waals surface area contributed by atoms with Gasteiger partial charge in [-0.2, -0.15) is 0 Å². The lowest BCUT2D eigenvalue weighted by Crippen LogP contribution is -2.44. The molecule has 1 aromatic rings. The van der Waals surface area contributed by atoms with Crippen molar-refractivity contribution in [2.75, 3.05) is 30.2 Å². The van der Waals surface area contributed by atoms with Crippen molar-refractivity contribution in [3.05, 3.63) is 28.8 Å². The van der Waals surface area contributed by atoms with Gasteiger partial charge in [-0.15, -0.1) is 0 Å². The molecule has 22 heavy (non-hydrogen) atoms. The lowest BCUT2D eigenvalue weighted by Gasteiger charge is -2.30. The predicted octanol–water partition coefficient (Wildman–Crippen LogP) is 2.43. The highest BCUT2D eigenvalue weighted by Gasteiger charge is 2.26. The van der Waals surface area contributed by atoms with Crippen molar-refractivity contribution in [1.29, 1.82) is 0 Å². The molecule has 2 rings (SSSR count). The van der Waals surface area contributed by atoms with Gasteiger partial charge in [-0.25, -0.2) is 8.42 Å². The van der Waals surface area contributed by atoms with Gasteiger partial charge in [0.1, 0.15) is 6.54 Å². The average Bonchev–Trinajstić information content (AvgIpc) is 2.47. The molecule has 0 spiro atoms. The van der Waals surface area contributed by atoms with Crippen LogP contribution in [-0.4, -0.2) is 45.1 Å². The summed E-state index contributed by atoms with van der Waals surface area (Å²) in [6, 6.07) is 5.04. The summed E-state index contributed by atoms with van der Waals surface area (Å²) in [4.78, 5) is 14.1. The highest BCUT2D eigenvalue weighted by Crippen LogP contribution is 2.26. The number of amides is 1. The van der Waals surface area contributed by atoms with Crippen molar-refractivity contribution in [3.8, 4) is 0 Å². The van der Waals surface area contributed by atoms with Crippen molar-refractivity contribution in [3.63, 3.8) is 0 Å². The number of hydrogen-bond donors (Lipinski definition) is 0. The minimum absolute atomic E-state index is 0.162. The van der Waals surface area contributed by atoms with E-state index in [0.29, 0.717) is 23.8 Å². The van der Waals surface area contributed by atoms with Gasteiger partial charge < -0.3 is 4.90 Å². The van der Waals surface area contributed by atoms with Crippen molar-refractivity contribution in [2.45, 2.75) is 26.2 Å². The van der Waals surface area contributed by atoms with Crippen LogP contribution in [-0.2, 0) is 14.8 Å². The highest BCUT2D eigenvalue weighted by atomic mass is 35.5. The molecule has 0 N–H and O–H groups in total. The first-order chi connectivity index (χ1) is 10.3. The SMILES string of the molecule is Cc1ccc(Cl)cc1N(CC(=O)N1CCCCC1)S(C)(=O)=O. The second-order valence-electron chi connectivity index (χ2n) is 5.64. The van der Waals surface area contributed by atoms with E-state index in [4.69, 9.17) is 11.6 Å². The summed E-state index contributed by atoms with van der Waals surface area (Å²) in [7, 11) is -3.56. The Kier molecular flexibility index (Phi) is 5.34. The maximum Gasteiger partial charge on any atom is 0.243 e. The van der Waals surface area contributed by atoms with Gasteiger partial charge in [0.15, 0.2) is 0 Å². The van der Waals surface area contributed by atoms with Crippen LogP contribution in [0.15, 0.2) is 18.2 Å². The number of sulfonamides is 1. The topological polar surface area (TPSA) is 57.7 Å². The number of likely N-dealkylation sites (tertiary alicyclic amines) is 1. The molecule has 1 heterocycles. The van der Waals surface area contributed by atoms with Crippen LogP contribution in [0, 0.1) is 6.92 Å². The Morgan fingerprint density at radius 1 is 1.27 bits per heavy atom. The van der Waals surface area contributed by atoms with Crippen LogP contribution in [0.1, 0.15) is 24.8 Å². The molecule has 0 atom stereocenters. The number of anilines is 1. The normalized spacial score (nSPS) is 15.7. The van der Waals surface area contributed by atoms with Crippen molar-refractivity contribution in [1.82, 2.24) is 4.90 Å². The van der Waals surface area contributed by atoms with E-state index in [1.807, 2.05) is 0 Å². The van der Waals surface area contributed by atoms with E-state index in [1.54, 1.807) is 30.0 Å². The van der Waals surface area contributed by atoms with E-state index >= 15 is 0 Å². The highest BCUT2D eigenvalue weighted by molar-refractivity contribution is 7.92. The standard InChI is InChI=1S/C15H21ClN2O3S/c1-12-6-7-13(16)10-14(12)18(22(2,20)21)11-15(19)17-8-4-3-5-9-17/h6-7,10H,3-5,8-9,11H2,1-2H3. The monoisotopic (exact) mass is 344 g/mol. The second-order valence-corrected chi connectivity index (χ2v) is 7.99. The number of carbonyl (C=O) groups excluding carboxylic acids is 1. The number of carbonyl (C=O) groups is 1. The molecule has 0 unspecified atom stereocenters. The number of piperidine rings is 1. The third-order valence-corrected chi connectivity index (χ3v) is 5.19. The van der Waals surface area contributed by atoms with Crippen LogP contribution in [0.25, 0.3) is 0 Å². The Labute approximate surface area is 136 Å². The van der Waals surface area contributed by atoms with E-state index in [0.717, 1.165) is 35.4 Å². The third-order valence-electron chi connectivity index (χ3n) is 3.83. The van der Waals surface area contributed by atoms with Gasteiger partial charge in [0.2, 0.25) is 15.9 Å². The van der Waals surface area contributed by atoms with Crippen LogP contribution in [0.4, 0.5) is 5.69 Å². The lowest BCUT2D eigenvalue weighted by atomic mass is 10.1. The van der Waals surface area contributed by atoms with Crippen LogP contribution in [0.3, 0.4) is 0 Å². The molecule has 1 aliphatic rings. The molecule has 0 bridgehead atoms. The number of halogens is 1. The van der Waals surface area contributed by atoms with Gasteiger partial charge >= 0.3 is 0 Å². The summed E-state index contributed by atoms with van der Waals surface area (Å²) in [6.45, 7) is 3.02. The predicted molar refractivity (Wildman–Crippen MR) is 88.8 cm³/mol. The molecule has 7 heteroatoms. The molecule has 1 aliphatic heterocycles. The van der Waals surface area contributed by atoms with E-state index in [1.165, 1.54) is 0 Å². The minimum atomic E-state index is -3.56. The molecule has 0 aromatic heterocycles. The second kappa shape index (κ2) is 6.87. The summed E-state index contributed by atoms with van der Waals surface area (Å²) in [6.07, 6.45) is 4.17. The Bertz CT molecular complexity index is 655. The van der Waals surface area contributed by atoms with E-state index in [9.17, 15) is 13.2 Å². The largest absolute Gasteiger partial charge is 0.341 e. The molecule has 1 amide bonds. The summed E-state index contributed by atoms with van der Waals surface area (Å²) >= 11 is 5.98. The zero-order valence-corrected chi connectivity index (χ0v) is 14.5. The molecule has 0 aliphatic carbocycles. The first kappa shape index (κ1) is 17.1. The van der Waals surface area contributed by atoms with Crippen molar-refractivity contribution >= 4 is 33.2 Å². The molecule has 122 valence electrons. The van der Waals surface area contributed by atoms with E-state index in [-0.39, 0.29) is 12.5 Å². The smallest absolute Gasteiger partial charge is 0.243 e. The first-order valence-corrected chi connectivity index (χ1v) is 9.53. The molecule has 1 fully saturated rings.